The number of amides is 1. The summed E-state index contributed by atoms with van der Waals surface area (Å²) in [6.45, 7) is 2.70. The minimum Gasteiger partial charge on any atom is -0.497 e. The molecule has 1 amide bonds. The Morgan fingerprint density at radius 2 is 1.82 bits per heavy atom. The second-order valence-electron chi connectivity index (χ2n) is 9.25. The van der Waals surface area contributed by atoms with Crippen LogP contribution < -0.4 is 15.4 Å². The predicted molar refractivity (Wildman–Crippen MR) is 140 cm³/mol. The average molecular weight is 457 g/mol. The Labute approximate surface area is 203 Å². The number of carbonyl (C=O) groups is 1. The van der Waals surface area contributed by atoms with Crippen molar-refractivity contribution in [3.8, 4) is 16.9 Å². The molecular formula is C30H36N2O2. The first-order valence-electron chi connectivity index (χ1n) is 12.4. The lowest BCUT2D eigenvalue weighted by Crippen LogP contribution is -2.36. The highest BCUT2D eigenvalue weighted by Crippen LogP contribution is 2.37. The van der Waals surface area contributed by atoms with E-state index in [1.165, 1.54) is 16.7 Å². The van der Waals surface area contributed by atoms with Gasteiger partial charge in [0.1, 0.15) is 5.75 Å². The van der Waals surface area contributed by atoms with E-state index in [0.29, 0.717) is 18.5 Å². The Bertz CT molecular complexity index is 1110. The Kier molecular flexibility index (Phi) is 8.02. The number of nitrogens with one attached hydrogen (secondary N) is 2. The highest BCUT2D eigenvalue weighted by Gasteiger charge is 2.28. The van der Waals surface area contributed by atoms with Crippen molar-refractivity contribution in [1.29, 1.82) is 0 Å². The normalized spacial score (nSPS) is 17.1. The fraction of sp³-hybridized carbons (Fsp3) is 0.367. The quantitative estimate of drug-likeness (QED) is 0.395. The number of ether oxygens (including phenoxy) is 1. The first kappa shape index (κ1) is 24.0. The Balaban J connectivity index is 1.30. The fourth-order valence-electron chi connectivity index (χ4n) is 5.22. The first-order valence-corrected chi connectivity index (χ1v) is 12.4. The molecule has 2 atom stereocenters. The highest BCUT2D eigenvalue weighted by atomic mass is 16.5. The molecule has 0 aliphatic heterocycles. The number of rotatable bonds is 9. The van der Waals surface area contributed by atoms with E-state index in [-0.39, 0.29) is 5.91 Å². The van der Waals surface area contributed by atoms with Gasteiger partial charge in [-0.05, 0) is 91.6 Å². The Morgan fingerprint density at radius 3 is 2.56 bits per heavy atom. The standard InChI is InChI=1S/C30H36N2O2/c1-21-19-24(22-9-5-4-6-10-22)13-16-26(21)30(33)32-18-8-7-11-27-28-20-25(34-3)15-12-23(28)14-17-29(27)31-2/h4-6,9-10,12-13,15-16,19-20,27,29,31H,7-8,11,14,17-18H2,1-3H3,(H,32,33)/t27-,29+/m0/s1. The van der Waals surface area contributed by atoms with Crippen molar-refractivity contribution in [3.05, 3.63) is 89.0 Å². The zero-order valence-corrected chi connectivity index (χ0v) is 20.6. The molecule has 2 N–H and O–H groups in total. The van der Waals surface area contributed by atoms with Gasteiger partial charge >= 0.3 is 0 Å². The largest absolute Gasteiger partial charge is 0.497 e. The predicted octanol–water partition coefficient (Wildman–Crippen LogP) is 5.89. The van der Waals surface area contributed by atoms with E-state index in [2.05, 4.69) is 54.1 Å². The number of benzene rings is 3. The number of hydrogen-bond donors (Lipinski definition) is 2. The summed E-state index contributed by atoms with van der Waals surface area (Å²) in [5, 5.41) is 6.65. The molecule has 4 nitrogen and oxygen atoms in total. The van der Waals surface area contributed by atoms with Crippen LogP contribution in [0.5, 0.6) is 5.75 Å². The molecule has 0 fully saturated rings. The fourth-order valence-corrected chi connectivity index (χ4v) is 5.22. The molecule has 0 radical (unpaired) electrons. The molecule has 0 saturated heterocycles. The molecule has 34 heavy (non-hydrogen) atoms. The maximum atomic E-state index is 12.8. The number of hydrogen-bond acceptors (Lipinski definition) is 3. The molecule has 1 aliphatic rings. The molecule has 0 saturated carbocycles. The van der Waals surface area contributed by atoms with Crippen LogP contribution in [0.4, 0.5) is 0 Å². The maximum Gasteiger partial charge on any atom is 0.251 e. The third-order valence-electron chi connectivity index (χ3n) is 7.14. The summed E-state index contributed by atoms with van der Waals surface area (Å²) in [7, 11) is 3.79. The molecule has 0 unspecified atom stereocenters. The molecule has 3 aromatic rings. The lowest BCUT2D eigenvalue weighted by molar-refractivity contribution is 0.0952. The van der Waals surface area contributed by atoms with Crippen LogP contribution in [0.3, 0.4) is 0 Å². The molecular weight excluding hydrogens is 420 g/mol. The van der Waals surface area contributed by atoms with Crippen molar-refractivity contribution in [2.24, 2.45) is 0 Å². The van der Waals surface area contributed by atoms with Gasteiger partial charge in [0.25, 0.3) is 5.91 Å². The van der Waals surface area contributed by atoms with Crippen LogP contribution >= 0.6 is 0 Å². The van der Waals surface area contributed by atoms with Crippen molar-refractivity contribution in [2.45, 2.75) is 51.0 Å². The van der Waals surface area contributed by atoms with Crippen LogP contribution in [-0.2, 0) is 6.42 Å². The maximum absolute atomic E-state index is 12.8. The van der Waals surface area contributed by atoms with Crippen LogP contribution in [0.25, 0.3) is 11.1 Å². The lowest BCUT2D eigenvalue weighted by Gasteiger charge is -2.34. The first-order chi connectivity index (χ1) is 16.6. The molecule has 1 aliphatic carbocycles. The number of unbranched alkanes of at least 4 members (excludes halogenated alkanes) is 1. The van der Waals surface area contributed by atoms with Crippen LogP contribution in [0.15, 0.2) is 66.7 Å². The molecule has 0 aromatic heterocycles. The number of fused-ring (bicyclic) bond motifs is 1. The molecule has 0 heterocycles. The van der Waals surface area contributed by atoms with E-state index in [4.69, 9.17) is 4.74 Å². The number of carbonyl (C=O) groups excluding carboxylic acids is 1. The van der Waals surface area contributed by atoms with Gasteiger partial charge in [-0.15, -0.1) is 0 Å². The van der Waals surface area contributed by atoms with Gasteiger partial charge in [0.2, 0.25) is 0 Å². The summed E-state index contributed by atoms with van der Waals surface area (Å²) in [5.74, 6) is 1.42. The second-order valence-corrected chi connectivity index (χ2v) is 9.25. The minimum absolute atomic E-state index is 0.0120. The van der Waals surface area contributed by atoms with Gasteiger partial charge in [-0.3, -0.25) is 4.79 Å². The van der Waals surface area contributed by atoms with Gasteiger partial charge in [0.05, 0.1) is 7.11 Å². The van der Waals surface area contributed by atoms with E-state index in [1.807, 2.05) is 37.3 Å². The zero-order valence-electron chi connectivity index (χ0n) is 20.6. The summed E-state index contributed by atoms with van der Waals surface area (Å²) >= 11 is 0. The molecule has 4 heteroatoms. The van der Waals surface area contributed by atoms with Crippen LogP contribution in [-0.4, -0.2) is 32.7 Å². The van der Waals surface area contributed by atoms with E-state index in [0.717, 1.165) is 54.5 Å². The third-order valence-corrected chi connectivity index (χ3v) is 7.14. The van der Waals surface area contributed by atoms with Crippen molar-refractivity contribution in [1.82, 2.24) is 10.6 Å². The summed E-state index contributed by atoms with van der Waals surface area (Å²) < 4.78 is 5.48. The van der Waals surface area contributed by atoms with Gasteiger partial charge in [-0.1, -0.05) is 55.0 Å². The van der Waals surface area contributed by atoms with Crippen molar-refractivity contribution >= 4 is 5.91 Å². The van der Waals surface area contributed by atoms with E-state index < -0.39 is 0 Å². The van der Waals surface area contributed by atoms with Crippen LogP contribution in [0, 0.1) is 6.92 Å². The number of aryl methyl sites for hydroxylation is 2. The summed E-state index contributed by atoms with van der Waals surface area (Å²) in [6.07, 6.45) is 5.42. The number of methoxy groups -OCH3 is 1. The van der Waals surface area contributed by atoms with Crippen LogP contribution in [0.1, 0.15) is 58.6 Å². The summed E-state index contributed by atoms with van der Waals surface area (Å²) in [6, 6.07) is 23.3. The van der Waals surface area contributed by atoms with Gasteiger partial charge in [0, 0.05) is 18.2 Å². The van der Waals surface area contributed by atoms with Gasteiger partial charge < -0.3 is 15.4 Å². The Hall–Kier alpha value is -3.11. The summed E-state index contributed by atoms with van der Waals surface area (Å²) in [5.41, 5.74) is 6.92. The van der Waals surface area contributed by atoms with E-state index >= 15 is 0 Å². The third kappa shape index (κ3) is 5.51. The molecule has 4 rings (SSSR count). The van der Waals surface area contributed by atoms with Crippen LogP contribution in [0.2, 0.25) is 0 Å². The number of likely N-dealkylation sites (N-methyl/N-ethyl adjacent to an activating group) is 1. The van der Waals surface area contributed by atoms with Crippen molar-refractivity contribution in [3.63, 3.8) is 0 Å². The molecule has 0 bridgehead atoms. The van der Waals surface area contributed by atoms with Crippen molar-refractivity contribution < 1.29 is 9.53 Å². The van der Waals surface area contributed by atoms with Gasteiger partial charge in [-0.2, -0.15) is 0 Å². The smallest absolute Gasteiger partial charge is 0.251 e. The summed E-state index contributed by atoms with van der Waals surface area (Å²) in [4.78, 5) is 12.8. The molecule has 0 spiro atoms. The zero-order chi connectivity index (χ0) is 23.9. The Morgan fingerprint density at radius 1 is 1.00 bits per heavy atom. The topological polar surface area (TPSA) is 50.4 Å². The van der Waals surface area contributed by atoms with E-state index in [1.54, 1.807) is 7.11 Å². The minimum atomic E-state index is 0.0120. The van der Waals surface area contributed by atoms with Gasteiger partial charge in [0.15, 0.2) is 0 Å². The molecule has 178 valence electrons. The average Bonchev–Trinajstić information content (AvgIpc) is 2.88. The monoisotopic (exact) mass is 456 g/mol. The second kappa shape index (κ2) is 11.3. The van der Waals surface area contributed by atoms with E-state index in [9.17, 15) is 4.79 Å². The lowest BCUT2D eigenvalue weighted by atomic mass is 9.76. The SMILES string of the molecule is CN[C@@H]1CCc2ccc(OC)cc2[C@@H]1CCCCNC(=O)c1ccc(-c2ccccc2)cc1C. The molecule has 3 aromatic carbocycles. The highest BCUT2D eigenvalue weighted by molar-refractivity contribution is 5.96. The van der Waals surface area contributed by atoms with Gasteiger partial charge in [-0.25, -0.2) is 0 Å². The van der Waals surface area contributed by atoms with Crippen molar-refractivity contribution in [2.75, 3.05) is 20.7 Å².